The van der Waals surface area contributed by atoms with E-state index in [9.17, 15) is 13.2 Å². The fraction of sp³-hybridized carbons (Fsp3) is 0.643. The molecule has 1 aliphatic heterocycles. The molecular weight excluding hydrogens is 290 g/mol. The van der Waals surface area contributed by atoms with Gasteiger partial charge in [-0.15, -0.1) is 0 Å². The molecule has 2 heterocycles. The Balaban J connectivity index is 1.99. The zero-order valence-electron chi connectivity index (χ0n) is 12.8. The van der Waals surface area contributed by atoms with Gasteiger partial charge in [0.05, 0.1) is 12.7 Å². The second kappa shape index (κ2) is 6.19. The summed E-state index contributed by atoms with van der Waals surface area (Å²) in [5.74, 6) is 0.0625. The third kappa shape index (κ3) is 4.07. The van der Waals surface area contributed by atoms with E-state index in [-0.39, 0.29) is 5.91 Å². The molecule has 118 valence electrons. The van der Waals surface area contributed by atoms with Crippen molar-refractivity contribution in [3.63, 3.8) is 0 Å². The molecule has 21 heavy (non-hydrogen) atoms. The largest absolute Gasteiger partial charge is 0.362 e. The van der Waals surface area contributed by atoms with E-state index >= 15 is 0 Å². The van der Waals surface area contributed by atoms with E-state index in [2.05, 4.69) is 4.98 Å². The van der Waals surface area contributed by atoms with Crippen molar-refractivity contribution in [2.45, 2.75) is 26.7 Å². The molecule has 0 atom stereocenters. The van der Waals surface area contributed by atoms with Crippen LogP contribution in [0.4, 0.5) is 0 Å². The molecule has 0 radical (unpaired) electrons. The average molecular weight is 313 g/mol. The molecule has 0 bridgehead atoms. The first-order valence-electron chi connectivity index (χ1n) is 7.15. The van der Waals surface area contributed by atoms with Crippen molar-refractivity contribution in [3.05, 3.63) is 23.0 Å². The van der Waals surface area contributed by atoms with Crippen molar-refractivity contribution < 1.29 is 13.2 Å². The highest BCUT2D eigenvalue weighted by molar-refractivity contribution is 7.88. The van der Waals surface area contributed by atoms with Gasteiger partial charge in [0.1, 0.15) is 0 Å². The minimum absolute atomic E-state index is 0.0625. The Morgan fingerprint density at radius 1 is 1.24 bits per heavy atom. The van der Waals surface area contributed by atoms with Gasteiger partial charge in [0, 0.05) is 37.6 Å². The first kappa shape index (κ1) is 16.0. The van der Waals surface area contributed by atoms with Gasteiger partial charge in [0.25, 0.3) is 0 Å². The molecule has 6 nitrogen and oxygen atoms in total. The fourth-order valence-corrected chi connectivity index (χ4v) is 3.59. The van der Waals surface area contributed by atoms with Crippen molar-refractivity contribution in [1.29, 1.82) is 0 Å². The Bertz CT molecular complexity index is 621. The van der Waals surface area contributed by atoms with Gasteiger partial charge in [-0.05, 0) is 31.9 Å². The number of hydrogen-bond donors (Lipinski definition) is 1. The fourth-order valence-electron chi connectivity index (χ4n) is 2.71. The van der Waals surface area contributed by atoms with Crippen molar-refractivity contribution in [2.75, 3.05) is 32.4 Å². The third-order valence-corrected chi connectivity index (χ3v) is 5.18. The van der Waals surface area contributed by atoms with Gasteiger partial charge in [-0.1, -0.05) is 0 Å². The maximum absolute atomic E-state index is 12.4. The summed E-state index contributed by atoms with van der Waals surface area (Å²) in [5.41, 5.74) is 3.09. The zero-order chi connectivity index (χ0) is 15.6. The Kier molecular flexibility index (Phi) is 4.73. The second-order valence-electron chi connectivity index (χ2n) is 5.68. The van der Waals surface area contributed by atoms with Crippen molar-refractivity contribution in [3.8, 4) is 0 Å². The normalized spacial score (nSPS) is 17.8. The summed E-state index contributed by atoms with van der Waals surface area (Å²) in [7, 11) is -3.17. The van der Waals surface area contributed by atoms with Crippen molar-refractivity contribution in [2.24, 2.45) is 0 Å². The SMILES string of the molecule is Cc1cc(CC(=O)N2CCCN(S(C)(=O)=O)CC2)c(C)[nH]1. The molecule has 1 aliphatic rings. The molecule has 1 fully saturated rings. The van der Waals surface area contributed by atoms with E-state index in [1.54, 1.807) is 4.90 Å². The maximum atomic E-state index is 12.4. The first-order valence-corrected chi connectivity index (χ1v) is 9.00. The number of aryl methyl sites for hydroxylation is 2. The molecule has 0 saturated carbocycles. The van der Waals surface area contributed by atoms with Crippen LogP contribution in [-0.4, -0.2) is 60.9 Å². The molecule has 1 aromatic heterocycles. The van der Waals surface area contributed by atoms with Gasteiger partial charge >= 0.3 is 0 Å². The van der Waals surface area contributed by atoms with Crippen LogP contribution in [0.3, 0.4) is 0 Å². The van der Waals surface area contributed by atoms with Gasteiger partial charge in [-0.25, -0.2) is 12.7 Å². The standard InChI is InChI=1S/C14H23N3O3S/c1-11-9-13(12(2)15-11)10-14(18)16-5-4-6-17(8-7-16)21(3,19)20/h9,15H,4-8,10H2,1-3H3. The Labute approximate surface area is 126 Å². The Morgan fingerprint density at radius 3 is 2.52 bits per heavy atom. The van der Waals surface area contributed by atoms with Crippen LogP contribution in [0.2, 0.25) is 0 Å². The van der Waals surface area contributed by atoms with E-state index in [1.807, 2.05) is 19.9 Å². The lowest BCUT2D eigenvalue weighted by molar-refractivity contribution is -0.130. The van der Waals surface area contributed by atoms with Crippen LogP contribution < -0.4 is 0 Å². The quantitative estimate of drug-likeness (QED) is 0.891. The number of H-pyrrole nitrogens is 1. The molecule has 0 aromatic carbocycles. The predicted molar refractivity (Wildman–Crippen MR) is 81.6 cm³/mol. The van der Waals surface area contributed by atoms with Crippen LogP contribution >= 0.6 is 0 Å². The molecule has 7 heteroatoms. The van der Waals surface area contributed by atoms with Gasteiger partial charge < -0.3 is 9.88 Å². The van der Waals surface area contributed by atoms with E-state index in [1.165, 1.54) is 10.6 Å². The summed E-state index contributed by atoms with van der Waals surface area (Å²) in [6.07, 6.45) is 2.27. The zero-order valence-corrected chi connectivity index (χ0v) is 13.7. The number of aromatic amines is 1. The van der Waals surface area contributed by atoms with Crippen molar-refractivity contribution in [1.82, 2.24) is 14.2 Å². The summed E-state index contributed by atoms with van der Waals surface area (Å²) in [5, 5.41) is 0. The molecule has 1 N–H and O–H groups in total. The van der Waals surface area contributed by atoms with E-state index in [4.69, 9.17) is 0 Å². The lowest BCUT2D eigenvalue weighted by Gasteiger charge is -2.21. The van der Waals surface area contributed by atoms with Crippen LogP contribution in [0.5, 0.6) is 0 Å². The summed E-state index contributed by atoms with van der Waals surface area (Å²) in [6, 6.07) is 1.99. The number of nitrogens with one attached hydrogen (secondary N) is 1. The molecule has 0 spiro atoms. The number of rotatable bonds is 3. The lowest BCUT2D eigenvalue weighted by atomic mass is 10.1. The number of nitrogens with zero attached hydrogens (tertiary/aromatic N) is 2. The molecule has 0 unspecified atom stereocenters. The van der Waals surface area contributed by atoms with E-state index in [0.717, 1.165) is 17.0 Å². The minimum atomic E-state index is -3.17. The van der Waals surface area contributed by atoms with Gasteiger partial charge in [0.2, 0.25) is 15.9 Å². The number of carbonyl (C=O) groups is 1. The average Bonchev–Trinajstić information content (AvgIpc) is 2.60. The smallest absolute Gasteiger partial charge is 0.227 e. The topological polar surface area (TPSA) is 73.5 Å². The van der Waals surface area contributed by atoms with E-state index < -0.39 is 10.0 Å². The molecular formula is C14H23N3O3S. The molecule has 1 saturated heterocycles. The number of carbonyl (C=O) groups excluding carboxylic acids is 1. The molecule has 1 amide bonds. The maximum Gasteiger partial charge on any atom is 0.227 e. The molecule has 1 aromatic rings. The number of hydrogen-bond acceptors (Lipinski definition) is 3. The van der Waals surface area contributed by atoms with Crippen LogP contribution in [0.25, 0.3) is 0 Å². The van der Waals surface area contributed by atoms with Crippen LogP contribution in [0.15, 0.2) is 6.07 Å². The minimum Gasteiger partial charge on any atom is -0.362 e. The Hall–Kier alpha value is -1.34. The first-order chi connectivity index (χ1) is 9.77. The Morgan fingerprint density at radius 2 is 1.95 bits per heavy atom. The number of aromatic nitrogens is 1. The molecule has 2 rings (SSSR count). The monoisotopic (exact) mass is 313 g/mol. The highest BCUT2D eigenvalue weighted by atomic mass is 32.2. The summed E-state index contributed by atoms with van der Waals surface area (Å²) in [6.45, 7) is 5.89. The van der Waals surface area contributed by atoms with Gasteiger partial charge in [-0.2, -0.15) is 0 Å². The van der Waals surface area contributed by atoms with Gasteiger partial charge in [-0.3, -0.25) is 4.79 Å². The highest BCUT2D eigenvalue weighted by Crippen LogP contribution is 2.13. The summed E-state index contributed by atoms with van der Waals surface area (Å²) < 4.78 is 24.6. The third-order valence-electron chi connectivity index (χ3n) is 3.88. The van der Waals surface area contributed by atoms with Crippen LogP contribution in [0.1, 0.15) is 23.4 Å². The second-order valence-corrected chi connectivity index (χ2v) is 7.66. The summed E-state index contributed by atoms with van der Waals surface area (Å²) in [4.78, 5) is 17.3. The van der Waals surface area contributed by atoms with E-state index in [0.29, 0.717) is 39.0 Å². The van der Waals surface area contributed by atoms with Crippen molar-refractivity contribution >= 4 is 15.9 Å². The number of sulfonamides is 1. The van der Waals surface area contributed by atoms with Crippen LogP contribution in [0, 0.1) is 13.8 Å². The highest BCUT2D eigenvalue weighted by Gasteiger charge is 2.24. The predicted octanol–water partition coefficient (Wildman–Crippen LogP) is 0.668. The van der Waals surface area contributed by atoms with Gasteiger partial charge in [0.15, 0.2) is 0 Å². The summed E-state index contributed by atoms with van der Waals surface area (Å²) >= 11 is 0. The molecule has 0 aliphatic carbocycles. The van der Waals surface area contributed by atoms with Crippen LogP contribution in [-0.2, 0) is 21.2 Å². The number of amides is 1. The lowest BCUT2D eigenvalue weighted by Crippen LogP contribution is -2.37.